The van der Waals surface area contributed by atoms with Gasteiger partial charge >= 0.3 is 0 Å². The average Bonchev–Trinajstić information content (AvgIpc) is 2.82. The number of nitrogens with one attached hydrogen (secondary N) is 1. The summed E-state index contributed by atoms with van der Waals surface area (Å²) in [6.07, 6.45) is 6.06. The fourth-order valence-corrected chi connectivity index (χ4v) is 2.61. The Hall–Kier alpha value is -2.53. The van der Waals surface area contributed by atoms with Gasteiger partial charge in [-0.3, -0.25) is 14.7 Å². The summed E-state index contributed by atoms with van der Waals surface area (Å²) in [4.78, 5) is 18.2. The molecular weight excluding hydrogens is 294 g/mol. The quantitative estimate of drug-likeness (QED) is 0.699. The van der Waals surface area contributed by atoms with Crippen LogP contribution in [0.4, 0.5) is 5.69 Å². The summed E-state index contributed by atoms with van der Waals surface area (Å²) < 4.78 is 0. The number of hydrogen-bond donors (Lipinski definition) is 1. The summed E-state index contributed by atoms with van der Waals surface area (Å²) >= 11 is 5.31. The van der Waals surface area contributed by atoms with Crippen LogP contribution in [0, 0.1) is 0 Å². The van der Waals surface area contributed by atoms with E-state index in [1.807, 2.05) is 36.4 Å². The van der Waals surface area contributed by atoms with E-state index in [2.05, 4.69) is 17.2 Å². The number of hydrogen-bond acceptors (Lipinski definition) is 3. The van der Waals surface area contributed by atoms with Crippen LogP contribution in [0.2, 0.25) is 0 Å². The number of carbonyl (C=O) groups excluding carboxylic acids is 1. The number of thiocarbonyl (C=S) groups is 1. The van der Waals surface area contributed by atoms with Crippen LogP contribution in [0.1, 0.15) is 18.1 Å². The second-order valence-corrected chi connectivity index (χ2v) is 5.33. The van der Waals surface area contributed by atoms with Crippen LogP contribution in [-0.2, 0) is 11.2 Å². The number of rotatable bonds is 3. The number of aryl methyl sites for hydroxylation is 1. The predicted octanol–water partition coefficient (Wildman–Crippen LogP) is 2.91. The fraction of sp³-hybridized carbons (Fsp3) is 0.118. The first-order valence-corrected chi connectivity index (χ1v) is 7.46. The van der Waals surface area contributed by atoms with Gasteiger partial charge in [-0.05, 0) is 54.0 Å². The normalized spacial score (nSPS) is 16.2. The molecule has 1 aromatic heterocycles. The van der Waals surface area contributed by atoms with E-state index in [9.17, 15) is 4.79 Å². The summed E-state index contributed by atoms with van der Waals surface area (Å²) in [5, 5.41) is 3.38. The number of benzene rings is 1. The van der Waals surface area contributed by atoms with Gasteiger partial charge in [-0.1, -0.05) is 25.1 Å². The Morgan fingerprint density at radius 1 is 1.32 bits per heavy atom. The summed E-state index contributed by atoms with van der Waals surface area (Å²) in [7, 11) is 0. The van der Waals surface area contributed by atoms with E-state index in [1.54, 1.807) is 18.5 Å². The van der Waals surface area contributed by atoms with Crippen LogP contribution >= 0.6 is 12.2 Å². The molecule has 0 unspecified atom stereocenters. The molecule has 3 rings (SSSR count). The third-order valence-corrected chi connectivity index (χ3v) is 3.74. The molecule has 0 saturated carbocycles. The molecule has 0 spiro atoms. The Kier molecular flexibility index (Phi) is 3.98. The third kappa shape index (κ3) is 2.76. The first-order valence-electron chi connectivity index (χ1n) is 7.05. The lowest BCUT2D eigenvalue weighted by atomic mass is 10.1. The van der Waals surface area contributed by atoms with Gasteiger partial charge in [0.1, 0.15) is 5.70 Å². The second kappa shape index (κ2) is 6.07. The Bertz CT molecular complexity index is 756. The summed E-state index contributed by atoms with van der Waals surface area (Å²) in [5.74, 6) is -0.151. The van der Waals surface area contributed by atoms with Crippen molar-refractivity contribution >= 4 is 35.0 Å². The lowest BCUT2D eigenvalue weighted by Gasteiger charge is -2.14. The van der Waals surface area contributed by atoms with Crippen molar-refractivity contribution in [3.8, 4) is 0 Å². The number of nitrogens with zero attached hydrogens (tertiary/aromatic N) is 2. The Balaban J connectivity index is 1.93. The molecule has 1 saturated heterocycles. The number of carbonyl (C=O) groups is 1. The van der Waals surface area contributed by atoms with Crippen LogP contribution < -0.4 is 10.2 Å². The maximum atomic E-state index is 12.6. The fourth-order valence-electron chi connectivity index (χ4n) is 2.31. The third-order valence-electron chi connectivity index (χ3n) is 3.45. The molecule has 4 nitrogen and oxygen atoms in total. The minimum Gasteiger partial charge on any atom is -0.327 e. The molecule has 0 aliphatic carbocycles. The minimum atomic E-state index is -0.151. The maximum Gasteiger partial charge on any atom is 0.281 e. The minimum absolute atomic E-state index is 0.151. The lowest BCUT2D eigenvalue weighted by Crippen LogP contribution is -2.30. The molecule has 2 aromatic rings. The van der Waals surface area contributed by atoms with E-state index in [0.717, 1.165) is 23.2 Å². The summed E-state index contributed by atoms with van der Waals surface area (Å²) in [5.41, 5.74) is 3.26. The zero-order valence-electron chi connectivity index (χ0n) is 12.1. The van der Waals surface area contributed by atoms with E-state index in [-0.39, 0.29) is 5.91 Å². The van der Waals surface area contributed by atoms with Crippen LogP contribution in [-0.4, -0.2) is 16.0 Å². The van der Waals surface area contributed by atoms with Crippen molar-refractivity contribution in [2.75, 3.05) is 4.90 Å². The molecule has 110 valence electrons. The van der Waals surface area contributed by atoms with Crippen LogP contribution in [0.3, 0.4) is 0 Å². The topological polar surface area (TPSA) is 45.2 Å². The van der Waals surface area contributed by atoms with Crippen molar-refractivity contribution in [1.29, 1.82) is 0 Å². The Morgan fingerprint density at radius 2 is 2.18 bits per heavy atom. The number of pyridine rings is 1. The van der Waals surface area contributed by atoms with Crippen molar-refractivity contribution in [1.82, 2.24) is 10.3 Å². The highest BCUT2D eigenvalue weighted by Gasteiger charge is 2.31. The van der Waals surface area contributed by atoms with Gasteiger partial charge in [0, 0.05) is 12.4 Å². The molecule has 5 heteroatoms. The standard InChI is InChI=1S/C17H15N3OS/c1-2-12-5-3-7-14(9-12)20-16(21)15(19-17(20)22)10-13-6-4-8-18-11-13/h3-11H,2H2,1H3,(H,19,22)/b15-10+. The van der Waals surface area contributed by atoms with E-state index in [1.165, 1.54) is 4.90 Å². The van der Waals surface area contributed by atoms with E-state index >= 15 is 0 Å². The molecule has 0 atom stereocenters. The Morgan fingerprint density at radius 3 is 2.91 bits per heavy atom. The van der Waals surface area contributed by atoms with Gasteiger partial charge in [-0.15, -0.1) is 0 Å². The number of amides is 1. The highest BCUT2D eigenvalue weighted by atomic mass is 32.1. The zero-order chi connectivity index (χ0) is 15.5. The Labute approximate surface area is 134 Å². The summed E-state index contributed by atoms with van der Waals surface area (Å²) in [6.45, 7) is 2.08. The van der Waals surface area contributed by atoms with Crippen LogP contribution in [0.15, 0.2) is 54.5 Å². The van der Waals surface area contributed by atoms with Gasteiger partial charge in [-0.25, -0.2) is 0 Å². The second-order valence-electron chi connectivity index (χ2n) is 4.94. The van der Waals surface area contributed by atoms with Crippen molar-refractivity contribution in [3.05, 3.63) is 65.6 Å². The smallest absolute Gasteiger partial charge is 0.281 e. The van der Waals surface area contributed by atoms with Crippen LogP contribution in [0.5, 0.6) is 0 Å². The van der Waals surface area contributed by atoms with Gasteiger partial charge in [-0.2, -0.15) is 0 Å². The van der Waals surface area contributed by atoms with Crippen LogP contribution in [0.25, 0.3) is 6.08 Å². The van der Waals surface area contributed by atoms with Gasteiger partial charge in [0.05, 0.1) is 5.69 Å². The molecule has 0 bridgehead atoms. The van der Waals surface area contributed by atoms with E-state index < -0.39 is 0 Å². The van der Waals surface area contributed by atoms with Crippen molar-refractivity contribution in [2.45, 2.75) is 13.3 Å². The molecule has 22 heavy (non-hydrogen) atoms. The predicted molar refractivity (Wildman–Crippen MR) is 91.3 cm³/mol. The molecule has 1 aliphatic rings. The monoisotopic (exact) mass is 309 g/mol. The molecule has 1 aliphatic heterocycles. The first kappa shape index (κ1) is 14.4. The molecule has 1 N–H and O–H groups in total. The first-order chi connectivity index (χ1) is 10.7. The SMILES string of the molecule is CCc1cccc(N2C(=O)/C(=C\c3cccnc3)NC2=S)c1. The van der Waals surface area contributed by atoms with Crippen molar-refractivity contribution in [2.24, 2.45) is 0 Å². The van der Waals surface area contributed by atoms with Crippen molar-refractivity contribution in [3.63, 3.8) is 0 Å². The maximum absolute atomic E-state index is 12.6. The van der Waals surface area contributed by atoms with Gasteiger partial charge in [0.2, 0.25) is 0 Å². The van der Waals surface area contributed by atoms with Gasteiger partial charge in [0.15, 0.2) is 5.11 Å². The van der Waals surface area contributed by atoms with Gasteiger partial charge in [0.25, 0.3) is 5.91 Å². The molecule has 1 fully saturated rings. The molecule has 1 aromatic carbocycles. The highest BCUT2D eigenvalue weighted by molar-refractivity contribution is 7.80. The highest BCUT2D eigenvalue weighted by Crippen LogP contribution is 2.23. The largest absolute Gasteiger partial charge is 0.327 e. The van der Waals surface area contributed by atoms with Gasteiger partial charge < -0.3 is 5.32 Å². The molecule has 2 heterocycles. The molecule has 1 amide bonds. The zero-order valence-corrected chi connectivity index (χ0v) is 12.9. The number of anilines is 1. The summed E-state index contributed by atoms with van der Waals surface area (Å²) in [6, 6.07) is 11.6. The molecule has 0 radical (unpaired) electrons. The van der Waals surface area contributed by atoms with E-state index in [0.29, 0.717) is 10.8 Å². The number of aromatic nitrogens is 1. The molecular formula is C17H15N3OS. The van der Waals surface area contributed by atoms with E-state index in [4.69, 9.17) is 12.2 Å². The lowest BCUT2D eigenvalue weighted by molar-refractivity contribution is -0.113. The van der Waals surface area contributed by atoms with Crippen molar-refractivity contribution < 1.29 is 4.79 Å². The average molecular weight is 309 g/mol.